The highest BCUT2D eigenvalue weighted by molar-refractivity contribution is 6.36. The first-order chi connectivity index (χ1) is 11.5. The smallest absolute Gasteiger partial charge is 0.211 e. The van der Waals surface area contributed by atoms with Crippen LogP contribution in [0.2, 0.25) is 10.0 Å². The summed E-state index contributed by atoms with van der Waals surface area (Å²) in [5.41, 5.74) is 0.621. The molecule has 0 fully saturated rings. The number of pyridine rings is 1. The van der Waals surface area contributed by atoms with E-state index in [-0.39, 0.29) is 22.5 Å². The van der Waals surface area contributed by atoms with E-state index in [0.717, 1.165) is 0 Å². The number of carbonyl (C=O) groups is 1. The lowest BCUT2D eigenvalue weighted by Gasteiger charge is -2.16. The number of aliphatic hydroxyl groups excluding tert-OH is 1. The Hall–Kier alpha value is -2.34. The molecule has 24 heavy (non-hydrogen) atoms. The van der Waals surface area contributed by atoms with E-state index in [1.807, 2.05) is 0 Å². The quantitative estimate of drug-likeness (QED) is 0.373. The highest BCUT2D eigenvalue weighted by atomic mass is 35.5. The van der Waals surface area contributed by atoms with Crippen molar-refractivity contribution in [1.29, 1.82) is 0 Å². The number of hydrogen-bond donors (Lipinski definition) is 3. The molecule has 0 spiro atoms. The summed E-state index contributed by atoms with van der Waals surface area (Å²) in [7, 11) is 0. The van der Waals surface area contributed by atoms with E-state index in [4.69, 9.17) is 23.2 Å². The van der Waals surface area contributed by atoms with Crippen LogP contribution < -0.4 is 5.32 Å². The summed E-state index contributed by atoms with van der Waals surface area (Å²) in [4.78, 5) is 16.3. The second-order valence-corrected chi connectivity index (χ2v) is 5.92. The molecule has 0 saturated carbocycles. The number of Topliss-reactive ketones (excluding diaryl/α,β-unsaturated/α-hetero) is 1. The van der Waals surface area contributed by atoms with E-state index in [0.29, 0.717) is 15.4 Å². The molecule has 0 aliphatic heterocycles. The molecular formula is C17H12Cl2N2O3. The van der Waals surface area contributed by atoms with E-state index in [9.17, 15) is 15.0 Å². The number of rotatable bonds is 4. The molecule has 3 N–H and O–H groups in total. The van der Waals surface area contributed by atoms with Gasteiger partial charge in [0.2, 0.25) is 5.78 Å². The third-order valence-corrected chi connectivity index (χ3v) is 4.01. The van der Waals surface area contributed by atoms with Crippen molar-refractivity contribution >= 4 is 45.6 Å². The second-order valence-electron chi connectivity index (χ2n) is 5.08. The predicted octanol–water partition coefficient (Wildman–Crippen LogP) is 3.86. The van der Waals surface area contributed by atoms with Crippen molar-refractivity contribution in [2.75, 3.05) is 5.32 Å². The minimum atomic E-state index is -1.58. The lowest BCUT2D eigenvalue weighted by Crippen LogP contribution is -2.29. The molecule has 2 aromatic carbocycles. The largest absolute Gasteiger partial charge is 0.504 e. The maximum atomic E-state index is 12.3. The molecule has 0 saturated heterocycles. The summed E-state index contributed by atoms with van der Waals surface area (Å²) in [5, 5.41) is 24.3. The van der Waals surface area contributed by atoms with Gasteiger partial charge in [-0.2, -0.15) is 0 Å². The van der Waals surface area contributed by atoms with E-state index in [2.05, 4.69) is 10.3 Å². The third-order valence-electron chi connectivity index (χ3n) is 3.47. The van der Waals surface area contributed by atoms with Gasteiger partial charge in [0.05, 0.1) is 10.7 Å². The van der Waals surface area contributed by atoms with E-state index >= 15 is 0 Å². The Morgan fingerprint density at radius 3 is 2.71 bits per heavy atom. The van der Waals surface area contributed by atoms with Gasteiger partial charge in [0.1, 0.15) is 5.52 Å². The van der Waals surface area contributed by atoms with Gasteiger partial charge in [-0.05, 0) is 30.3 Å². The van der Waals surface area contributed by atoms with Crippen molar-refractivity contribution in [2.45, 2.75) is 6.23 Å². The van der Waals surface area contributed by atoms with Crippen molar-refractivity contribution < 1.29 is 15.0 Å². The van der Waals surface area contributed by atoms with Crippen LogP contribution in [-0.4, -0.2) is 27.2 Å². The second kappa shape index (κ2) is 6.65. The molecule has 5 nitrogen and oxygen atoms in total. The van der Waals surface area contributed by atoms with Gasteiger partial charge in [0, 0.05) is 22.2 Å². The molecule has 0 aliphatic carbocycles. The van der Waals surface area contributed by atoms with Gasteiger partial charge in [-0.15, -0.1) is 0 Å². The zero-order chi connectivity index (χ0) is 17.3. The minimum absolute atomic E-state index is 0.106. The minimum Gasteiger partial charge on any atom is -0.504 e. The van der Waals surface area contributed by atoms with Crippen molar-refractivity contribution in [3.05, 3.63) is 64.3 Å². The molecule has 0 aliphatic rings. The number of nitrogens with zero attached hydrogens (tertiary/aromatic N) is 1. The van der Waals surface area contributed by atoms with Crippen LogP contribution in [0.3, 0.4) is 0 Å². The number of aliphatic hydroxyl groups is 1. The number of aromatic nitrogens is 1. The standard InChI is InChI=1S/C17H12Cl2N2O3/c18-10-4-1-3-9(7-10)15(22)17(24)21-13-8-12(19)11-5-2-6-20-14(11)16(13)23/h1-8,17,21,23-24H. The number of benzene rings is 2. The highest BCUT2D eigenvalue weighted by Gasteiger charge is 2.20. The summed E-state index contributed by atoms with van der Waals surface area (Å²) < 4.78 is 0. The molecule has 0 amide bonds. The monoisotopic (exact) mass is 362 g/mol. The molecule has 0 radical (unpaired) electrons. The van der Waals surface area contributed by atoms with Gasteiger partial charge in [-0.3, -0.25) is 9.78 Å². The molecule has 0 bridgehead atoms. The van der Waals surface area contributed by atoms with Crippen LogP contribution in [-0.2, 0) is 0 Å². The Morgan fingerprint density at radius 2 is 1.96 bits per heavy atom. The van der Waals surface area contributed by atoms with Gasteiger partial charge in [-0.25, -0.2) is 0 Å². The first-order valence-electron chi connectivity index (χ1n) is 6.98. The van der Waals surface area contributed by atoms with Gasteiger partial charge in [0.15, 0.2) is 12.0 Å². The topological polar surface area (TPSA) is 82.5 Å². The molecule has 1 atom stereocenters. The first kappa shape index (κ1) is 16.5. The van der Waals surface area contributed by atoms with E-state index in [1.165, 1.54) is 24.4 Å². The van der Waals surface area contributed by atoms with Crippen LogP contribution in [0.5, 0.6) is 5.75 Å². The van der Waals surface area contributed by atoms with Crippen LogP contribution in [0.25, 0.3) is 10.9 Å². The number of halogens is 2. The normalized spacial score (nSPS) is 12.1. The van der Waals surface area contributed by atoms with E-state index < -0.39 is 12.0 Å². The fourth-order valence-corrected chi connectivity index (χ4v) is 2.76. The highest BCUT2D eigenvalue weighted by Crippen LogP contribution is 2.36. The van der Waals surface area contributed by atoms with Crippen LogP contribution in [0.1, 0.15) is 10.4 Å². The van der Waals surface area contributed by atoms with Gasteiger partial charge >= 0.3 is 0 Å². The van der Waals surface area contributed by atoms with Gasteiger partial charge < -0.3 is 15.5 Å². The summed E-state index contributed by atoms with van der Waals surface area (Å²) in [6, 6.07) is 11.0. The van der Waals surface area contributed by atoms with E-state index in [1.54, 1.807) is 24.3 Å². The molecule has 7 heteroatoms. The number of ketones is 1. The zero-order valence-corrected chi connectivity index (χ0v) is 13.7. The van der Waals surface area contributed by atoms with Gasteiger partial charge in [-0.1, -0.05) is 35.3 Å². The Balaban J connectivity index is 1.92. The molecule has 1 unspecified atom stereocenters. The van der Waals surface area contributed by atoms with Crippen LogP contribution in [0.4, 0.5) is 5.69 Å². The molecule has 3 rings (SSSR count). The van der Waals surface area contributed by atoms with Crippen LogP contribution >= 0.6 is 23.2 Å². The van der Waals surface area contributed by atoms with Crippen LogP contribution in [0, 0.1) is 0 Å². The Morgan fingerprint density at radius 1 is 1.17 bits per heavy atom. The summed E-state index contributed by atoms with van der Waals surface area (Å²) in [6.07, 6.45) is -0.0676. The number of phenolic OH excluding ortho intramolecular Hbond substituents is 1. The lowest BCUT2D eigenvalue weighted by atomic mass is 10.1. The Bertz CT molecular complexity index is 931. The number of hydrogen-bond acceptors (Lipinski definition) is 5. The number of anilines is 1. The number of aromatic hydroxyl groups is 1. The SMILES string of the molecule is O=C(c1cccc(Cl)c1)C(O)Nc1cc(Cl)c2cccnc2c1O. The van der Waals surface area contributed by atoms with Crippen molar-refractivity contribution in [3.63, 3.8) is 0 Å². The maximum absolute atomic E-state index is 12.3. The van der Waals surface area contributed by atoms with Crippen LogP contribution in [0.15, 0.2) is 48.7 Å². The number of phenols is 1. The van der Waals surface area contributed by atoms with Crippen molar-refractivity contribution in [2.24, 2.45) is 0 Å². The molecular weight excluding hydrogens is 351 g/mol. The zero-order valence-electron chi connectivity index (χ0n) is 12.2. The van der Waals surface area contributed by atoms with Gasteiger partial charge in [0.25, 0.3) is 0 Å². The Kier molecular flexibility index (Phi) is 4.57. The molecule has 1 aromatic heterocycles. The maximum Gasteiger partial charge on any atom is 0.211 e. The lowest BCUT2D eigenvalue weighted by molar-refractivity contribution is 0.0793. The number of nitrogens with one attached hydrogen (secondary N) is 1. The summed E-state index contributed by atoms with van der Waals surface area (Å²) in [6.45, 7) is 0. The molecule has 1 heterocycles. The van der Waals surface area contributed by atoms with Crippen molar-refractivity contribution in [1.82, 2.24) is 4.98 Å². The predicted molar refractivity (Wildman–Crippen MR) is 93.8 cm³/mol. The molecule has 122 valence electrons. The number of carbonyl (C=O) groups excluding carboxylic acids is 1. The third kappa shape index (κ3) is 3.14. The summed E-state index contributed by atoms with van der Waals surface area (Å²) in [5.74, 6) is -0.790. The molecule has 3 aromatic rings. The Labute approximate surface area is 147 Å². The fraction of sp³-hybridized carbons (Fsp3) is 0.0588. The average molecular weight is 363 g/mol. The fourth-order valence-electron chi connectivity index (χ4n) is 2.31. The first-order valence-corrected chi connectivity index (χ1v) is 7.73. The number of fused-ring (bicyclic) bond motifs is 1. The summed E-state index contributed by atoms with van der Waals surface area (Å²) >= 11 is 12.0. The van der Waals surface area contributed by atoms with Crippen molar-refractivity contribution in [3.8, 4) is 5.75 Å². The average Bonchev–Trinajstić information content (AvgIpc) is 2.58.